The van der Waals surface area contributed by atoms with Gasteiger partial charge in [0.15, 0.2) is 10.8 Å². The van der Waals surface area contributed by atoms with Crippen LogP contribution in [-0.2, 0) is 6.42 Å². The number of Topliss-reactive ketones (excluding diaryl/α,β-unsaturated/α-hetero) is 1. The third kappa shape index (κ3) is 1.42. The molecular weight excluding hydrogens is 146 g/mol. The molecular formula is C7H9NOS. The molecule has 1 rings (SSSR count). The highest BCUT2D eigenvalue weighted by atomic mass is 32.1. The zero-order valence-electron chi connectivity index (χ0n) is 6.05. The molecule has 1 heterocycles. The number of nitrogens with zero attached hydrogens (tertiary/aromatic N) is 1. The fraction of sp³-hybridized carbons (Fsp3) is 0.429. The van der Waals surface area contributed by atoms with Gasteiger partial charge in [-0.3, -0.25) is 4.79 Å². The van der Waals surface area contributed by atoms with Crippen molar-refractivity contribution in [3.8, 4) is 0 Å². The molecule has 0 radical (unpaired) electrons. The van der Waals surface area contributed by atoms with Gasteiger partial charge in [0.1, 0.15) is 0 Å². The SMILES string of the molecule is CCc1cnc(C(C)=O)s1. The monoisotopic (exact) mass is 155 g/mol. The van der Waals surface area contributed by atoms with Crippen molar-refractivity contribution in [1.82, 2.24) is 4.98 Å². The highest BCUT2D eigenvalue weighted by Crippen LogP contribution is 2.13. The van der Waals surface area contributed by atoms with Crippen molar-refractivity contribution in [2.24, 2.45) is 0 Å². The molecule has 0 aromatic carbocycles. The second kappa shape index (κ2) is 2.92. The van der Waals surface area contributed by atoms with Gasteiger partial charge >= 0.3 is 0 Å². The Labute approximate surface area is 63.9 Å². The fourth-order valence-corrected chi connectivity index (χ4v) is 1.38. The number of carbonyl (C=O) groups is 1. The summed E-state index contributed by atoms with van der Waals surface area (Å²) >= 11 is 1.48. The Morgan fingerprint density at radius 1 is 1.80 bits per heavy atom. The Bertz CT molecular complexity index is 242. The molecule has 0 bridgehead atoms. The number of carbonyl (C=O) groups excluding carboxylic acids is 1. The van der Waals surface area contributed by atoms with Crippen molar-refractivity contribution < 1.29 is 4.79 Å². The predicted octanol–water partition coefficient (Wildman–Crippen LogP) is 1.91. The molecule has 0 unspecified atom stereocenters. The summed E-state index contributed by atoms with van der Waals surface area (Å²) in [5, 5.41) is 0.622. The van der Waals surface area contributed by atoms with E-state index in [1.807, 2.05) is 0 Å². The van der Waals surface area contributed by atoms with Crippen LogP contribution in [0.1, 0.15) is 28.5 Å². The van der Waals surface area contributed by atoms with Crippen LogP contribution in [0.5, 0.6) is 0 Å². The molecule has 0 atom stereocenters. The summed E-state index contributed by atoms with van der Waals surface area (Å²) in [4.78, 5) is 15.8. The molecule has 3 heteroatoms. The highest BCUT2D eigenvalue weighted by molar-refractivity contribution is 7.13. The van der Waals surface area contributed by atoms with E-state index in [9.17, 15) is 4.79 Å². The Hall–Kier alpha value is -0.700. The molecule has 0 fully saturated rings. The van der Waals surface area contributed by atoms with Gasteiger partial charge in [-0.15, -0.1) is 11.3 Å². The van der Waals surface area contributed by atoms with Crippen molar-refractivity contribution in [2.45, 2.75) is 20.3 Å². The third-order valence-electron chi connectivity index (χ3n) is 1.20. The van der Waals surface area contributed by atoms with Gasteiger partial charge in [0.05, 0.1) is 0 Å². The van der Waals surface area contributed by atoms with Gasteiger partial charge in [0.25, 0.3) is 0 Å². The summed E-state index contributed by atoms with van der Waals surface area (Å²) in [5.74, 6) is 0.0599. The molecule has 0 N–H and O–H groups in total. The second-order valence-electron chi connectivity index (χ2n) is 2.04. The smallest absolute Gasteiger partial charge is 0.188 e. The molecule has 0 saturated heterocycles. The Morgan fingerprint density at radius 2 is 2.50 bits per heavy atom. The quantitative estimate of drug-likeness (QED) is 0.610. The average Bonchev–Trinajstić information content (AvgIpc) is 2.34. The van der Waals surface area contributed by atoms with Gasteiger partial charge in [-0.25, -0.2) is 4.98 Å². The van der Waals surface area contributed by atoms with E-state index in [0.717, 1.165) is 6.42 Å². The fourth-order valence-electron chi connectivity index (χ4n) is 0.634. The van der Waals surface area contributed by atoms with E-state index in [-0.39, 0.29) is 5.78 Å². The summed E-state index contributed by atoms with van der Waals surface area (Å²) in [6, 6.07) is 0. The van der Waals surface area contributed by atoms with E-state index in [1.54, 1.807) is 6.20 Å². The number of thiazole rings is 1. The minimum Gasteiger partial charge on any atom is -0.292 e. The number of aromatic nitrogens is 1. The van der Waals surface area contributed by atoms with Crippen molar-refractivity contribution >= 4 is 17.1 Å². The van der Waals surface area contributed by atoms with Crippen LogP contribution >= 0.6 is 11.3 Å². The lowest BCUT2D eigenvalue weighted by Gasteiger charge is -1.81. The first kappa shape index (κ1) is 7.41. The van der Waals surface area contributed by atoms with Gasteiger partial charge in [-0.1, -0.05) is 6.92 Å². The maximum Gasteiger partial charge on any atom is 0.188 e. The minimum atomic E-state index is 0.0599. The molecule has 0 aliphatic heterocycles. The molecule has 0 aliphatic carbocycles. The molecule has 10 heavy (non-hydrogen) atoms. The zero-order chi connectivity index (χ0) is 7.56. The van der Waals surface area contributed by atoms with Crippen LogP contribution in [0.4, 0.5) is 0 Å². The largest absolute Gasteiger partial charge is 0.292 e. The van der Waals surface area contributed by atoms with Gasteiger partial charge in [0, 0.05) is 18.0 Å². The molecule has 54 valence electrons. The van der Waals surface area contributed by atoms with Gasteiger partial charge < -0.3 is 0 Å². The highest BCUT2D eigenvalue weighted by Gasteiger charge is 2.03. The molecule has 0 amide bonds. The Kier molecular flexibility index (Phi) is 2.17. The normalized spacial score (nSPS) is 9.80. The number of hydrogen-bond donors (Lipinski definition) is 0. The van der Waals surface area contributed by atoms with Crippen molar-refractivity contribution in [1.29, 1.82) is 0 Å². The van der Waals surface area contributed by atoms with Crippen LogP contribution in [0.3, 0.4) is 0 Å². The predicted molar refractivity (Wildman–Crippen MR) is 41.5 cm³/mol. The Balaban J connectivity index is 2.88. The van der Waals surface area contributed by atoms with E-state index < -0.39 is 0 Å². The first-order valence-corrected chi connectivity index (χ1v) is 4.01. The average molecular weight is 155 g/mol. The molecule has 2 nitrogen and oxygen atoms in total. The summed E-state index contributed by atoms with van der Waals surface area (Å²) in [5.41, 5.74) is 0. The zero-order valence-corrected chi connectivity index (χ0v) is 6.86. The summed E-state index contributed by atoms with van der Waals surface area (Å²) in [6.07, 6.45) is 2.73. The number of rotatable bonds is 2. The maximum atomic E-state index is 10.7. The van der Waals surface area contributed by atoms with E-state index in [4.69, 9.17) is 0 Å². The van der Waals surface area contributed by atoms with Crippen LogP contribution in [0.2, 0.25) is 0 Å². The lowest BCUT2D eigenvalue weighted by atomic mass is 10.4. The molecule has 0 spiro atoms. The van der Waals surface area contributed by atoms with Gasteiger partial charge in [-0.05, 0) is 6.42 Å². The molecule has 0 saturated carbocycles. The molecule has 1 aromatic heterocycles. The van der Waals surface area contributed by atoms with Crippen molar-refractivity contribution in [3.63, 3.8) is 0 Å². The van der Waals surface area contributed by atoms with Crippen LogP contribution in [0.15, 0.2) is 6.20 Å². The lowest BCUT2D eigenvalue weighted by molar-refractivity contribution is 0.101. The lowest BCUT2D eigenvalue weighted by Crippen LogP contribution is -1.87. The summed E-state index contributed by atoms with van der Waals surface area (Å²) in [6.45, 7) is 3.59. The summed E-state index contributed by atoms with van der Waals surface area (Å²) in [7, 11) is 0. The number of aryl methyl sites for hydroxylation is 1. The van der Waals surface area contributed by atoms with E-state index in [2.05, 4.69) is 11.9 Å². The van der Waals surface area contributed by atoms with Crippen molar-refractivity contribution in [2.75, 3.05) is 0 Å². The van der Waals surface area contributed by atoms with Gasteiger partial charge in [0.2, 0.25) is 0 Å². The van der Waals surface area contributed by atoms with E-state index >= 15 is 0 Å². The van der Waals surface area contributed by atoms with Crippen molar-refractivity contribution in [3.05, 3.63) is 16.1 Å². The molecule has 0 aliphatic rings. The number of hydrogen-bond acceptors (Lipinski definition) is 3. The number of ketones is 1. The van der Waals surface area contributed by atoms with Crippen LogP contribution < -0.4 is 0 Å². The second-order valence-corrected chi connectivity index (χ2v) is 3.16. The Morgan fingerprint density at radius 3 is 2.80 bits per heavy atom. The first-order chi connectivity index (χ1) is 4.74. The third-order valence-corrected chi connectivity index (χ3v) is 2.45. The van der Waals surface area contributed by atoms with Crippen LogP contribution in [-0.4, -0.2) is 10.8 Å². The van der Waals surface area contributed by atoms with Gasteiger partial charge in [-0.2, -0.15) is 0 Å². The summed E-state index contributed by atoms with van der Waals surface area (Å²) < 4.78 is 0. The standard InChI is InChI=1S/C7H9NOS/c1-3-6-4-8-7(10-6)5(2)9/h4H,3H2,1-2H3. The van der Waals surface area contributed by atoms with E-state index in [1.165, 1.54) is 23.1 Å². The van der Waals surface area contributed by atoms with Crippen LogP contribution in [0.25, 0.3) is 0 Å². The maximum absolute atomic E-state index is 10.7. The van der Waals surface area contributed by atoms with Crippen LogP contribution in [0, 0.1) is 0 Å². The van der Waals surface area contributed by atoms with E-state index in [0.29, 0.717) is 5.01 Å². The topological polar surface area (TPSA) is 30.0 Å². The molecule has 1 aromatic rings. The first-order valence-electron chi connectivity index (χ1n) is 3.19. The minimum absolute atomic E-state index is 0.0599.